The summed E-state index contributed by atoms with van der Waals surface area (Å²) in [7, 11) is 0. The summed E-state index contributed by atoms with van der Waals surface area (Å²) in [4.78, 5) is 12.5. The number of hydrogen-bond acceptors (Lipinski definition) is 3. The number of anilines is 1. The van der Waals surface area contributed by atoms with Gasteiger partial charge >= 0.3 is 0 Å². The molecular weight excluding hydrogens is 417 g/mol. The largest absolute Gasteiger partial charge is 0.489 e. The summed E-state index contributed by atoms with van der Waals surface area (Å²) >= 11 is 5.87. The van der Waals surface area contributed by atoms with Crippen molar-refractivity contribution in [3.8, 4) is 5.75 Å². The maximum absolute atomic E-state index is 13.0. The van der Waals surface area contributed by atoms with Gasteiger partial charge in [0, 0.05) is 16.8 Å². The number of benzene rings is 3. The van der Waals surface area contributed by atoms with Crippen LogP contribution in [-0.4, -0.2) is 15.7 Å². The zero-order valence-electron chi connectivity index (χ0n) is 16.5. The number of halogens is 2. The molecule has 3 aromatic carbocycles. The average Bonchev–Trinajstić information content (AvgIpc) is 3.22. The molecule has 0 spiro atoms. The van der Waals surface area contributed by atoms with Crippen LogP contribution in [0.3, 0.4) is 0 Å². The van der Waals surface area contributed by atoms with Crippen LogP contribution < -0.4 is 10.1 Å². The minimum absolute atomic E-state index is 0.230. The third kappa shape index (κ3) is 5.71. The van der Waals surface area contributed by atoms with Crippen molar-refractivity contribution in [1.82, 2.24) is 9.78 Å². The van der Waals surface area contributed by atoms with E-state index >= 15 is 0 Å². The van der Waals surface area contributed by atoms with Crippen molar-refractivity contribution in [3.63, 3.8) is 0 Å². The Bertz CT molecular complexity index is 1160. The molecule has 0 aliphatic carbocycles. The molecule has 0 radical (unpaired) electrons. The maximum Gasteiger partial charge on any atom is 0.255 e. The van der Waals surface area contributed by atoms with E-state index in [4.69, 9.17) is 16.3 Å². The van der Waals surface area contributed by atoms with Crippen LogP contribution in [0.4, 0.5) is 10.1 Å². The van der Waals surface area contributed by atoms with Crippen LogP contribution in [0.25, 0.3) is 0 Å². The second-order valence-electron chi connectivity index (χ2n) is 6.95. The van der Waals surface area contributed by atoms with Gasteiger partial charge in [-0.25, -0.2) is 4.39 Å². The van der Waals surface area contributed by atoms with Crippen molar-refractivity contribution in [2.45, 2.75) is 13.2 Å². The first-order valence-corrected chi connectivity index (χ1v) is 9.98. The van der Waals surface area contributed by atoms with Gasteiger partial charge in [-0.15, -0.1) is 0 Å². The van der Waals surface area contributed by atoms with Crippen molar-refractivity contribution < 1.29 is 13.9 Å². The maximum atomic E-state index is 13.0. The van der Waals surface area contributed by atoms with Gasteiger partial charge in [-0.2, -0.15) is 5.10 Å². The molecule has 7 heteroatoms. The number of nitrogens with zero attached hydrogens (tertiary/aromatic N) is 2. The molecule has 1 heterocycles. The summed E-state index contributed by atoms with van der Waals surface area (Å²) in [6.45, 7) is 0.873. The summed E-state index contributed by atoms with van der Waals surface area (Å²) in [5, 5.41) is 7.72. The Kier molecular flexibility index (Phi) is 6.29. The monoisotopic (exact) mass is 435 g/mol. The Morgan fingerprint density at radius 2 is 1.65 bits per heavy atom. The van der Waals surface area contributed by atoms with Crippen LogP contribution in [0.15, 0.2) is 85.2 Å². The van der Waals surface area contributed by atoms with Gasteiger partial charge in [0.25, 0.3) is 5.91 Å². The standard InChI is InChI=1S/C24H19ClFN3O2/c25-20-7-11-23(12-8-20)31-16-18-1-5-19(6-2-18)24(30)28-22-13-27-29(15-22)14-17-3-9-21(26)10-4-17/h1-13,15H,14,16H2,(H,28,30). The van der Waals surface area contributed by atoms with E-state index in [0.29, 0.717) is 29.4 Å². The van der Waals surface area contributed by atoms with Gasteiger partial charge in [0.05, 0.1) is 18.4 Å². The molecule has 4 aromatic rings. The number of hydrogen-bond donors (Lipinski definition) is 1. The number of nitrogens with one attached hydrogen (secondary N) is 1. The first kappa shape index (κ1) is 20.6. The highest BCUT2D eigenvalue weighted by molar-refractivity contribution is 6.30. The highest BCUT2D eigenvalue weighted by Gasteiger charge is 2.08. The molecule has 0 saturated carbocycles. The van der Waals surface area contributed by atoms with Crippen molar-refractivity contribution >= 4 is 23.2 Å². The second-order valence-corrected chi connectivity index (χ2v) is 7.38. The normalized spacial score (nSPS) is 10.6. The van der Waals surface area contributed by atoms with Crippen molar-refractivity contribution in [2.75, 3.05) is 5.32 Å². The van der Waals surface area contributed by atoms with E-state index in [9.17, 15) is 9.18 Å². The smallest absolute Gasteiger partial charge is 0.255 e. The molecule has 1 aromatic heterocycles. The molecule has 0 aliphatic heterocycles. The van der Waals surface area contributed by atoms with Crippen molar-refractivity contribution in [2.24, 2.45) is 0 Å². The zero-order chi connectivity index (χ0) is 21.6. The average molecular weight is 436 g/mol. The van der Waals surface area contributed by atoms with E-state index in [2.05, 4.69) is 10.4 Å². The molecule has 0 aliphatic rings. The van der Waals surface area contributed by atoms with E-state index in [1.165, 1.54) is 12.1 Å². The zero-order valence-corrected chi connectivity index (χ0v) is 17.2. The Balaban J connectivity index is 1.31. The lowest BCUT2D eigenvalue weighted by Crippen LogP contribution is -2.11. The van der Waals surface area contributed by atoms with Crippen LogP contribution in [0, 0.1) is 5.82 Å². The molecular formula is C24H19ClFN3O2. The van der Waals surface area contributed by atoms with Crippen LogP contribution in [0.5, 0.6) is 5.75 Å². The molecule has 1 amide bonds. The molecule has 0 unspecified atom stereocenters. The Morgan fingerprint density at radius 3 is 2.35 bits per heavy atom. The SMILES string of the molecule is O=C(Nc1cnn(Cc2ccc(F)cc2)c1)c1ccc(COc2ccc(Cl)cc2)cc1. The highest BCUT2D eigenvalue weighted by atomic mass is 35.5. The van der Waals surface area contributed by atoms with Crippen LogP contribution in [0.2, 0.25) is 5.02 Å². The Labute approximate surface area is 184 Å². The predicted octanol–water partition coefficient (Wildman–Crippen LogP) is 5.56. The molecule has 0 saturated heterocycles. The first-order valence-electron chi connectivity index (χ1n) is 9.61. The molecule has 0 atom stereocenters. The molecule has 156 valence electrons. The van der Waals surface area contributed by atoms with Gasteiger partial charge in [-0.1, -0.05) is 35.9 Å². The van der Waals surface area contributed by atoms with Gasteiger partial charge in [0.2, 0.25) is 0 Å². The molecule has 5 nitrogen and oxygen atoms in total. The summed E-state index contributed by atoms with van der Waals surface area (Å²) in [6.07, 6.45) is 3.31. The van der Waals surface area contributed by atoms with Crippen LogP contribution in [-0.2, 0) is 13.2 Å². The van der Waals surface area contributed by atoms with Gasteiger partial charge < -0.3 is 10.1 Å². The van der Waals surface area contributed by atoms with E-state index in [1.807, 2.05) is 12.1 Å². The van der Waals surface area contributed by atoms with E-state index in [0.717, 1.165) is 16.9 Å². The van der Waals surface area contributed by atoms with E-state index < -0.39 is 0 Å². The second kappa shape index (κ2) is 9.45. The van der Waals surface area contributed by atoms with Crippen molar-refractivity contribution in [1.29, 1.82) is 0 Å². The minimum atomic E-state index is -0.278. The summed E-state index contributed by atoms with van der Waals surface area (Å²) in [5.41, 5.74) is 2.97. The summed E-state index contributed by atoms with van der Waals surface area (Å²) in [5.74, 6) is 0.218. The van der Waals surface area contributed by atoms with Gasteiger partial charge in [-0.05, 0) is 59.7 Å². The number of ether oxygens (including phenoxy) is 1. The number of carbonyl (C=O) groups is 1. The molecule has 0 fully saturated rings. The van der Waals surface area contributed by atoms with Crippen molar-refractivity contribution in [3.05, 3.63) is 113 Å². The van der Waals surface area contributed by atoms with Gasteiger partial charge in [0.15, 0.2) is 0 Å². The topological polar surface area (TPSA) is 56.2 Å². The predicted molar refractivity (Wildman–Crippen MR) is 118 cm³/mol. The highest BCUT2D eigenvalue weighted by Crippen LogP contribution is 2.17. The third-order valence-electron chi connectivity index (χ3n) is 4.58. The lowest BCUT2D eigenvalue weighted by atomic mass is 10.1. The van der Waals surface area contributed by atoms with Crippen LogP contribution in [0.1, 0.15) is 21.5 Å². The fourth-order valence-electron chi connectivity index (χ4n) is 2.94. The fraction of sp³-hybridized carbons (Fsp3) is 0.0833. The van der Waals surface area contributed by atoms with E-state index in [-0.39, 0.29) is 11.7 Å². The Hall–Kier alpha value is -3.64. The summed E-state index contributed by atoms with van der Waals surface area (Å²) in [6, 6.07) is 20.6. The fourth-order valence-corrected chi connectivity index (χ4v) is 3.07. The molecule has 0 bridgehead atoms. The minimum Gasteiger partial charge on any atom is -0.489 e. The Morgan fingerprint density at radius 1 is 0.968 bits per heavy atom. The van der Waals surface area contributed by atoms with E-state index in [1.54, 1.807) is 65.6 Å². The van der Waals surface area contributed by atoms with Crippen LogP contribution >= 0.6 is 11.6 Å². The number of rotatable bonds is 7. The lowest BCUT2D eigenvalue weighted by molar-refractivity contribution is 0.102. The number of aromatic nitrogens is 2. The molecule has 31 heavy (non-hydrogen) atoms. The number of carbonyl (C=O) groups excluding carboxylic acids is 1. The number of amides is 1. The molecule has 4 rings (SSSR count). The quantitative estimate of drug-likeness (QED) is 0.413. The van der Waals surface area contributed by atoms with Gasteiger partial charge in [0.1, 0.15) is 18.2 Å². The lowest BCUT2D eigenvalue weighted by Gasteiger charge is -2.07. The summed E-state index contributed by atoms with van der Waals surface area (Å²) < 4.78 is 20.4. The van der Waals surface area contributed by atoms with Gasteiger partial charge in [-0.3, -0.25) is 9.48 Å². The first-order chi connectivity index (χ1) is 15.0. The third-order valence-corrected chi connectivity index (χ3v) is 4.84. The molecule has 1 N–H and O–H groups in total.